The summed E-state index contributed by atoms with van der Waals surface area (Å²) in [6.07, 6.45) is 6.40. The number of anilines is 1. The van der Waals surface area contributed by atoms with Crippen molar-refractivity contribution in [2.75, 3.05) is 11.9 Å². The summed E-state index contributed by atoms with van der Waals surface area (Å²) in [5, 5.41) is 2.87. The van der Waals surface area contributed by atoms with Crippen molar-refractivity contribution in [1.82, 2.24) is 0 Å². The van der Waals surface area contributed by atoms with Crippen molar-refractivity contribution in [2.24, 2.45) is 11.8 Å². The van der Waals surface area contributed by atoms with Crippen LogP contribution in [0.5, 0.6) is 0 Å². The van der Waals surface area contributed by atoms with Gasteiger partial charge in [-0.3, -0.25) is 9.59 Å². The molecule has 0 unspecified atom stereocenters. The van der Waals surface area contributed by atoms with E-state index in [1.807, 2.05) is 30.4 Å². The maximum absolute atomic E-state index is 12.6. The minimum atomic E-state index is -0.462. The topological polar surface area (TPSA) is 55.4 Å². The molecule has 1 aliphatic carbocycles. The van der Waals surface area contributed by atoms with Gasteiger partial charge in [0.05, 0.1) is 11.8 Å². The second kappa shape index (κ2) is 8.45. The zero-order valence-corrected chi connectivity index (χ0v) is 15.6. The lowest BCUT2D eigenvalue weighted by Gasteiger charge is -2.26. The van der Waals surface area contributed by atoms with Gasteiger partial charge in [-0.25, -0.2) is 0 Å². The van der Waals surface area contributed by atoms with Crippen LogP contribution in [0.2, 0.25) is 0 Å². The number of benzene rings is 1. The Balaban J connectivity index is 2.10. The Bertz CT molecular complexity index is 622. The molecule has 1 aromatic carbocycles. The highest BCUT2D eigenvalue weighted by Crippen LogP contribution is 2.29. The molecule has 0 aromatic heterocycles. The van der Waals surface area contributed by atoms with E-state index in [0.29, 0.717) is 18.5 Å². The van der Waals surface area contributed by atoms with Crippen molar-refractivity contribution in [3.05, 3.63) is 52.0 Å². The molecule has 2 rings (SSSR count). The Labute approximate surface area is 152 Å². The molecule has 4 nitrogen and oxygen atoms in total. The second-order valence-corrected chi connectivity index (χ2v) is 7.05. The standard InChI is InChI=1S/C17H17Br2NO3/c1-2-7-23-17(22)15-6-4-3-5-14(15)16(21)20-13-9-11(18)8-12(19)10-13/h2-4,8-10,14-15H,1,5-7H2,(H,20,21)/t14-,15-/m1/s1. The Morgan fingerprint density at radius 3 is 2.39 bits per heavy atom. The van der Waals surface area contributed by atoms with Crippen LogP contribution in [-0.4, -0.2) is 18.5 Å². The number of nitrogens with one attached hydrogen (secondary N) is 1. The second-order valence-electron chi connectivity index (χ2n) is 5.22. The van der Waals surface area contributed by atoms with Gasteiger partial charge >= 0.3 is 5.97 Å². The van der Waals surface area contributed by atoms with E-state index in [9.17, 15) is 9.59 Å². The monoisotopic (exact) mass is 441 g/mol. The van der Waals surface area contributed by atoms with Crippen LogP contribution < -0.4 is 5.32 Å². The van der Waals surface area contributed by atoms with E-state index in [1.54, 1.807) is 0 Å². The van der Waals surface area contributed by atoms with Gasteiger partial charge in [0.15, 0.2) is 0 Å². The molecule has 0 heterocycles. The summed E-state index contributed by atoms with van der Waals surface area (Å²) in [5.41, 5.74) is 0.670. The fourth-order valence-electron chi connectivity index (χ4n) is 2.47. The molecule has 0 spiro atoms. The third-order valence-electron chi connectivity index (χ3n) is 3.55. The summed E-state index contributed by atoms with van der Waals surface area (Å²) in [4.78, 5) is 24.7. The van der Waals surface area contributed by atoms with Gasteiger partial charge in [-0.15, -0.1) is 0 Å². The minimum Gasteiger partial charge on any atom is -0.461 e. The summed E-state index contributed by atoms with van der Waals surface area (Å²) in [6, 6.07) is 5.51. The van der Waals surface area contributed by atoms with Crippen molar-refractivity contribution in [3.63, 3.8) is 0 Å². The molecule has 0 saturated heterocycles. The molecule has 0 saturated carbocycles. The molecule has 0 bridgehead atoms. The molecular formula is C17H17Br2NO3. The highest BCUT2D eigenvalue weighted by molar-refractivity contribution is 9.11. The zero-order valence-electron chi connectivity index (χ0n) is 12.4. The van der Waals surface area contributed by atoms with E-state index in [4.69, 9.17) is 4.74 Å². The van der Waals surface area contributed by atoms with Gasteiger partial charge in [0.25, 0.3) is 0 Å². The molecule has 1 aromatic rings. The van der Waals surface area contributed by atoms with Crippen molar-refractivity contribution >= 4 is 49.4 Å². The largest absolute Gasteiger partial charge is 0.461 e. The molecule has 2 atom stereocenters. The molecule has 122 valence electrons. The van der Waals surface area contributed by atoms with Crippen LogP contribution in [0.3, 0.4) is 0 Å². The lowest BCUT2D eigenvalue weighted by Crippen LogP contribution is -2.35. The number of rotatable bonds is 5. The van der Waals surface area contributed by atoms with E-state index in [0.717, 1.165) is 8.95 Å². The van der Waals surface area contributed by atoms with Gasteiger partial charge in [-0.05, 0) is 31.0 Å². The molecular weight excluding hydrogens is 426 g/mol. The number of halogens is 2. The lowest BCUT2D eigenvalue weighted by atomic mass is 9.82. The normalized spacial score (nSPS) is 19.9. The zero-order chi connectivity index (χ0) is 16.8. The minimum absolute atomic E-state index is 0.159. The number of esters is 1. The fraction of sp³-hybridized carbons (Fsp3) is 0.294. The highest BCUT2D eigenvalue weighted by atomic mass is 79.9. The predicted octanol–water partition coefficient (Wildman–Crippen LogP) is 4.46. The first-order valence-corrected chi connectivity index (χ1v) is 8.79. The molecule has 1 aliphatic rings. The quantitative estimate of drug-likeness (QED) is 0.540. The van der Waals surface area contributed by atoms with E-state index in [-0.39, 0.29) is 18.5 Å². The molecule has 23 heavy (non-hydrogen) atoms. The van der Waals surface area contributed by atoms with Gasteiger partial charge < -0.3 is 10.1 Å². The van der Waals surface area contributed by atoms with Crippen molar-refractivity contribution in [2.45, 2.75) is 12.8 Å². The number of amides is 1. The van der Waals surface area contributed by atoms with Crippen molar-refractivity contribution < 1.29 is 14.3 Å². The first-order chi connectivity index (χ1) is 11.0. The van der Waals surface area contributed by atoms with Gasteiger partial charge in [0.2, 0.25) is 5.91 Å². The third-order valence-corrected chi connectivity index (χ3v) is 4.46. The number of hydrogen-bond donors (Lipinski definition) is 1. The van der Waals surface area contributed by atoms with Crippen LogP contribution in [-0.2, 0) is 14.3 Å². The number of ether oxygens (including phenoxy) is 1. The molecule has 6 heteroatoms. The van der Waals surface area contributed by atoms with E-state index in [2.05, 4.69) is 43.8 Å². The Morgan fingerprint density at radius 2 is 1.78 bits per heavy atom. The van der Waals surface area contributed by atoms with E-state index in [1.165, 1.54) is 6.08 Å². The summed E-state index contributed by atoms with van der Waals surface area (Å²) in [5.74, 6) is -1.43. The molecule has 0 radical (unpaired) electrons. The number of carbonyl (C=O) groups is 2. The molecule has 1 amide bonds. The Hall–Kier alpha value is -1.40. The van der Waals surface area contributed by atoms with Crippen LogP contribution in [0.1, 0.15) is 12.8 Å². The summed E-state index contributed by atoms with van der Waals surface area (Å²) < 4.78 is 6.82. The smallest absolute Gasteiger partial charge is 0.310 e. The SMILES string of the molecule is C=CCOC(=O)[C@@H]1CC=CC[C@H]1C(=O)Nc1cc(Br)cc(Br)c1. The third kappa shape index (κ3) is 5.04. The van der Waals surface area contributed by atoms with E-state index >= 15 is 0 Å². The maximum Gasteiger partial charge on any atom is 0.310 e. The lowest BCUT2D eigenvalue weighted by molar-refractivity contribution is -0.151. The first-order valence-electron chi connectivity index (χ1n) is 7.20. The molecule has 0 fully saturated rings. The van der Waals surface area contributed by atoms with Crippen LogP contribution in [0, 0.1) is 11.8 Å². The average Bonchev–Trinajstić information content (AvgIpc) is 2.51. The number of hydrogen-bond acceptors (Lipinski definition) is 3. The van der Waals surface area contributed by atoms with Gasteiger partial charge in [0.1, 0.15) is 6.61 Å². The number of allylic oxidation sites excluding steroid dienone is 2. The first kappa shape index (κ1) is 17.9. The van der Waals surface area contributed by atoms with Crippen molar-refractivity contribution in [3.8, 4) is 0 Å². The Morgan fingerprint density at radius 1 is 1.17 bits per heavy atom. The fourth-order valence-corrected chi connectivity index (χ4v) is 3.77. The van der Waals surface area contributed by atoms with Gasteiger partial charge in [0, 0.05) is 14.6 Å². The predicted molar refractivity (Wildman–Crippen MR) is 97.0 cm³/mol. The van der Waals surface area contributed by atoms with Crippen LogP contribution in [0.25, 0.3) is 0 Å². The van der Waals surface area contributed by atoms with Gasteiger partial charge in [-0.2, -0.15) is 0 Å². The molecule has 1 N–H and O–H groups in total. The van der Waals surface area contributed by atoms with Crippen LogP contribution in [0.4, 0.5) is 5.69 Å². The summed E-state index contributed by atoms with van der Waals surface area (Å²) in [6.45, 7) is 3.68. The highest BCUT2D eigenvalue weighted by Gasteiger charge is 2.35. The van der Waals surface area contributed by atoms with Crippen molar-refractivity contribution in [1.29, 1.82) is 0 Å². The Kier molecular flexibility index (Phi) is 6.59. The average molecular weight is 443 g/mol. The number of carbonyl (C=O) groups excluding carboxylic acids is 2. The van der Waals surface area contributed by atoms with Crippen LogP contribution >= 0.6 is 31.9 Å². The molecule has 0 aliphatic heterocycles. The summed E-state index contributed by atoms with van der Waals surface area (Å²) >= 11 is 6.77. The van der Waals surface area contributed by atoms with E-state index < -0.39 is 11.8 Å². The maximum atomic E-state index is 12.6. The van der Waals surface area contributed by atoms with Crippen LogP contribution in [0.15, 0.2) is 52.0 Å². The van der Waals surface area contributed by atoms with Gasteiger partial charge in [-0.1, -0.05) is 56.7 Å². The summed E-state index contributed by atoms with van der Waals surface area (Å²) in [7, 11) is 0.